The Hall–Kier alpha value is -1.47. The average Bonchev–Trinajstić information content (AvgIpc) is 2.81. The second-order valence-corrected chi connectivity index (χ2v) is 5.53. The highest BCUT2D eigenvalue weighted by Gasteiger charge is 2.12. The molecule has 8 heteroatoms. The van der Waals surface area contributed by atoms with Crippen LogP contribution in [-0.2, 0) is 6.54 Å². The SMILES string of the molecule is CCCOc1nc(Cl)nc(N(C)Cc2scnc2C)n1. The van der Waals surface area contributed by atoms with Gasteiger partial charge < -0.3 is 9.64 Å². The normalized spacial score (nSPS) is 10.6. The van der Waals surface area contributed by atoms with Crippen LogP contribution in [-0.4, -0.2) is 33.6 Å². The second-order valence-electron chi connectivity index (χ2n) is 4.25. The van der Waals surface area contributed by atoms with Crippen molar-refractivity contribution in [1.82, 2.24) is 19.9 Å². The van der Waals surface area contributed by atoms with Crippen LogP contribution in [0.5, 0.6) is 6.01 Å². The van der Waals surface area contributed by atoms with Gasteiger partial charge in [0, 0.05) is 11.9 Å². The smallest absolute Gasteiger partial charge is 0.322 e. The van der Waals surface area contributed by atoms with Gasteiger partial charge in [0.1, 0.15) is 0 Å². The summed E-state index contributed by atoms with van der Waals surface area (Å²) in [7, 11) is 1.90. The van der Waals surface area contributed by atoms with E-state index in [0.29, 0.717) is 19.1 Å². The van der Waals surface area contributed by atoms with E-state index >= 15 is 0 Å². The van der Waals surface area contributed by atoms with Gasteiger partial charge in [0.25, 0.3) is 0 Å². The highest BCUT2D eigenvalue weighted by molar-refractivity contribution is 7.09. The first-order valence-corrected chi connectivity index (χ1v) is 7.50. The molecule has 0 saturated carbocycles. The third-order valence-electron chi connectivity index (χ3n) is 2.58. The minimum Gasteiger partial charge on any atom is -0.463 e. The summed E-state index contributed by atoms with van der Waals surface area (Å²) in [5.74, 6) is 0.490. The Bertz CT molecular complexity index is 577. The second kappa shape index (κ2) is 6.81. The topological polar surface area (TPSA) is 64.0 Å². The molecule has 20 heavy (non-hydrogen) atoms. The van der Waals surface area contributed by atoms with Gasteiger partial charge in [0.05, 0.1) is 24.4 Å². The Labute approximate surface area is 126 Å². The molecule has 2 aromatic heterocycles. The summed E-state index contributed by atoms with van der Waals surface area (Å²) in [6.45, 7) is 5.22. The van der Waals surface area contributed by atoms with E-state index in [0.717, 1.165) is 12.1 Å². The van der Waals surface area contributed by atoms with Crippen LogP contribution in [0.1, 0.15) is 23.9 Å². The zero-order valence-electron chi connectivity index (χ0n) is 11.6. The molecule has 108 valence electrons. The Kier molecular flexibility index (Phi) is 5.08. The van der Waals surface area contributed by atoms with E-state index in [9.17, 15) is 0 Å². The first-order valence-electron chi connectivity index (χ1n) is 6.24. The van der Waals surface area contributed by atoms with Crippen LogP contribution in [0.2, 0.25) is 5.28 Å². The molecule has 6 nitrogen and oxygen atoms in total. The van der Waals surface area contributed by atoms with E-state index in [1.807, 2.05) is 31.3 Å². The standard InChI is InChI=1S/C12H16ClN5OS/c1-4-5-19-12-16-10(13)15-11(17-12)18(3)6-9-8(2)14-7-20-9/h7H,4-6H2,1-3H3. The van der Waals surface area contributed by atoms with Crippen LogP contribution in [0.25, 0.3) is 0 Å². The van der Waals surface area contributed by atoms with Crippen molar-refractivity contribution in [1.29, 1.82) is 0 Å². The summed E-state index contributed by atoms with van der Waals surface area (Å²) < 4.78 is 5.40. The molecule has 0 aliphatic carbocycles. The number of halogens is 1. The molecule has 2 aromatic rings. The molecule has 2 rings (SSSR count). The Morgan fingerprint density at radius 3 is 2.80 bits per heavy atom. The van der Waals surface area contributed by atoms with E-state index in [1.54, 1.807) is 11.3 Å². The van der Waals surface area contributed by atoms with Crippen molar-refractivity contribution >= 4 is 28.9 Å². The largest absolute Gasteiger partial charge is 0.463 e. The number of rotatable bonds is 6. The molecule has 0 amide bonds. The van der Waals surface area contributed by atoms with Crippen molar-refractivity contribution in [2.24, 2.45) is 0 Å². The highest BCUT2D eigenvalue weighted by Crippen LogP contribution is 2.19. The molecule has 0 bridgehead atoms. The third kappa shape index (κ3) is 3.77. The van der Waals surface area contributed by atoms with Gasteiger partial charge in [-0.2, -0.15) is 15.0 Å². The molecular formula is C12H16ClN5OS. The number of hydrogen-bond donors (Lipinski definition) is 0. The van der Waals surface area contributed by atoms with Crippen LogP contribution in [0.4, 0.5) is 5.95 Å². The van der Waals surface area contributed by atoms with Gasteiger partial charge >= 0.3 is 6.01 Å². The predicted octanol–water partition coefficient (Wildman–Crippen LogP) is 2.72. The quantitative estimate of drug-likeness (QED) is 0.817. The lowest BCUT2D eigenvalue weighted by Crippen LogP contribution is -2.20. The number of thiazole rings is 1. The molecule has 0 atom stereocenters. The predicted molar refractivity (Wildman–Crippen MR) is 79.6 cm³/mol. The van der Waals surface area contributed by atoms with Crippen LogP contribution in [0, 0.1) is 6.92 Å². The van der Waals surface area contributed by atoms with Crippen molar-refractivity contribution in [3.63, 3.8) is 0 Å². The lowest BCUT2D eigenvalue weighted by molar-refractivity contribution is 0.291. The van der Waals surface area contributed by atoms with E-state index in [1.165, 1.54) is 4.88 Å². The lowest BCUT2D eigenvalue weighted by Gasteiger charge is -2.16. The highest BCUT2D eigenvalue weighted by atomic mass is 35.5. The number of aryl methyl sites for hydroxylation is 1. The fourth-order valence-corrected chi connectivity index (χ4v) is 2.49. The Morgan fingerprint density at radius 2 is 2.15 bits per heavy atom. The molecule has 0 aromatic carbocycles. The number of ether oxygens (including phenoxy) is 1. The summed E-state index contributed by atoms with van der Waals surface area (Å²) in [5, 5.41) is 0.133. The van der Waals surface area contributed by atoms with Crippen LogP contribution in [0.3, 0.4) is 0 Å². The molecule has 0 saturated heterocycles. The van der Waals surface area contributed by atoms with E-state index in [2.05, 4.69) is 19.9 Å². The molecule has 0 aliphatic rings. The molecule has 0 fully saturated rings. The Balaban J connectivity index is 2.14. The minimum absolute atomic E-state index is 0.133. The van der Waals surface area contributed by atoms with Gasteiger partial charge in [-0.3, -0.25) is 0 Å². The van der Waals surface area contributed by atoms with Crippen molar-refractivity contribution < 1.29 is 4.74 Å². The summed E-state index contributed by atoms with van der Waals surface area (Å²) in [6.07, 6.45) is 0.883. The maximum atomic E-state index is 5.91. The summed E-state index contributed by atoms with van der Waals surface area (Å²) >= 11 is 7.51. The maximum Gasteiger partial charge on any atom is 0.322 e. The van der Waals surface area contributed by atoms with E-state index in [4.69, 9.17) is 16.3 Å². The molecule has 0 spiro atoms. The zero-order chi connectivity index (χ0) is 14.5. The minimum atomic E-state index is 0.133. The lowest BCUT2D eigenvalue weighted by atomic mass is 10.4. The van der Waals surface area contributed by atoms with Crippen molar-refractivity contribution in [2.45, 2.75) is 26.8 Å². The monoisotopic (exact) mass is 313 g/mol. The number of nitrogens with zero attached hydrogens (tertiary/aromatic N) is 5. The molecule has 0 unspecified atom stereocenters. The third-order valence-corrected chi connectivity index (χ3v) is 3.67. The fourth-order valence-electron chi connectivity index (χ4n) is 1.51. The fraction of sp³-hybridized carbons (Fsp3) is 0.500. The van der Waals surface area contributed by atoms with E-state index < -0.39 is 0 Å². The van der Waals surface area contributed by atoms with Gasteiger partial charge in [-0.1, -0.05) is 6.92 Å². The first kappa shape index (κ1) is 14.9. The number of aromatic nitrogens is 4. The molecule has 0 aliphatic heterocycles. The van der Waals surface area contributed by atoms with E-state index in [-0.39, 0.29) is 11.3 Å². The number of anilines is 1. The number of hydrogen-bond acceptors (Lipinski definition) is 7. The Morgan fingerprint density at radius 1 is 1.35 bits per heavy atom. The van der Waals surface area contributed by atoms with Crippen molar-refractivity contribution in [3.8, 4) is 6.01 Å². The average molecular weight is 314 g/mol. The van der Waals surface area contributed by atoms with Crippen molar-refractivity contribution in [2.75, 3.05) is 18.6 Å². The van der Waals surface area contributed by atoms with Crippen LogP contribution >= 0.6 is 22.9 Å². The molecular weight excluding hydrogens is 298 g/mol. The summed E-state index contributed by atoms with van der Waals surface area (Å²) in [6, 6.07) is 0.259. The van der Waals surface area contributed by atoms with Gasteiger partial charge in [0.2, 0.25) is 11.2 Å². The van der Waals surface area contributed by atoms with Gasteiger partial charge in [-0.05, 0) is 24.9 Å². The summed E-state index contributed by atoms with van der Waals surface area (Å²) in [5.41, 5.74) is 2.85. The van der Waals surface area contributed by atoms with Crippen LogP contribution in [0.15, 0.2) is 5.51 Å². The molecule has 0 N–H and O–H groups in total. The summed E-state index contributed by atoms with van der Waals surface area (Å²) in [4.78, 5) is 19.6. The maximum absolute atomic E-state index is 5.91. The first-order chi connectivity index (χ1) is 9.60. The van der Waals surface area contributed by atoms with Crippen LogP contribution < -0.4 is 9.64 Å². The molecule has 2 heterocycles. The zero-order valence-corrected chi connectivity index (χ0v) is 13.2. The molecule has 0 radical (unpaired) electrons. The van der Waals surface area contributed by atoms with Crippen molar-refractivity contribution in [3.05, 3.63) is 21.4 Å². The van der Waals surface area contributed by atoms with Gasteiger partial charge in [-0.15, -0.1) is 11.3 Å². The van der Waals surface area contributed by atoms with Gasteiger partial charge in [0.15, 0.2) is 0 Å². The van der Waals surface area contributed by atoms with Gasteiger partial charge in [-0.25, -0.2) is 4.98 Å².